The summed E-state index contributed by atoms with van der Waals surface area (Å²) in [6, 6.07) is 13.2. The van der Waals surface area contributed by atoms with Crippen molar-refractivity contribution in [2.45, 2.75) is 18.9 Å². The first kappa shape index (κ1) is 17.0. The normalized spacial score (nSPS) is 13.2. The molecular formula is C18H20FNO3. The predicted octanol–water partition coefficient (Wildman–Crippen LogP) is 2.79. The molecule has 23 heavy (non-hydrogen) atoms. The molecule has 0 heterocycles. The Balaban J connectivity index is 1.97. The number of carbonyl (C=O) groups is 1. The maximum absolute atomic E-state index is 13.7. The monoisotopic (exact) mass is 317 g/mol. The van der Waals surface area contributed by atoms with Gasteiger partial charge in [-0.15, -0.1) is 0 Å². The minimum Gasteiger partial charge on any atom is -0.497 e. The van der Waals surface area contributed by atoms with Crippen molar-refractivity contribution in [3.05, 3.63) is 65.5 Å². The minimum atomic E-state index is -0.859. The van der Waals surface area contributed by atoms with Gasteiger partial charge in [0.05, 0.1) is 19.1 Å². The standard InChI is InChI=1S/C18H20FNO3/c1-12(15-8-3-4-9-16(15)19)18(22)20-11-17(21)13-6-5-7-14(10-13)23-2/h3-10,12,17,21H,11H2,1-2H3,(H,20,22). The number of aliphatic hydroxyl groups is 1. The summed E-state index contributed by atoms with van der Waals surface area (Å²) >= 11 is 0. The largest absolute Gasteiger partial charge is 0.497 e. The van der Waals surface area contributed by atoms with Crippen LogP contribution in [0.15, 0.2) is 48.5 Å². The van der Waals surface area contributed by atoms with E-state index in [1.807, 2.05) is 0 Å². The number of ether oxygens (including phenoxy) is 1. The third-order valence-electron chi connectivity index (χ3n) is 3.71. The summed E-state index contributed by atoms with van der Waals surface area (Å²) in [5.41, 5.74) is 0.976. The van der Waals surface area contributed by atoms with E-state index in [0.717, 1.165) is 0 Å². The molecule has 0 saturated heterocycles. The van der Waals surface area contributed by atoms with Crippen LogP contribution >= 0.6 is 0 Å². The van der Waals surface area contributed by atoms with Crippen LogP contribution in [0.3, 0.4) is 0 Å². The number of nitrogens with one attached hydrogen (secondary N) is 1. The Morgan fingerprint density at radius 3 is 2.70 bits per heavy atom. The first-order valence-electron chi connectivity index (χ1n) is 7.37. The van der Waals surface area contributed by atoms with Crippen molar-refractivity contribution in [1.29, 1.82) is 0 Å². The molecule has 2 aromatic rings. The summed E-state index contributed by atoms with van der Waals surface area (Å²) in [7, 11) is 1.54. The zero-order valence-corrected chi connectivity index (χ0v) is 13.1. The van der Waals surface area contributed by atoms with Crippen LogP contribution in [0.4, 0.5) is 4.39 Å². The summed E-state index contributed by atoms with van der Waals surface area (Å²) < 4.78 is 18.8. The number of amides is 1. The lowest BCUT2D eigenvalue weighted by atomic mass is 9.99. The molecule has 2 rings (SSSR count). The van der Waals surface area contributed by atoms with E-state index in [4.69, 9.17) is 4.74 Å². The van der Waals surface area contributed by atoms with Crippen LogP contribution in [0.1, 0.15) is 30.1 Å². The van der Waals surface area contributed by atoms with Crippen molar-refractivity contribution in [2.75, 3.05) is 13.7 Å². The molecule has 0 aromatic heterocycles. The van der Waals surface area contributed by atoms with Gasteiger partial charge in [-0.05, 0) is 36.2 Å². The zero-order valence-electron chi connectivity index (χ0n) is 13.1. The fourth-order valence-corrected chi connectivity index (χ4v) is 2.28. The molecule has 0 bridgehead atoms. The average Bonchev–Trinajstić information content (AvgIpc) is 2.59. The predicted molar refractivity (Wildman–Crippen MR) is 85.8 cm³/mol. The number of benzene rings is 2. The summed E-state index contributed by atoms with van der Waals surface area (Å²) in [5.74, 6) is -0.748. The van der Waals surface area contributed by atoms with Gasteiger partial charge in [0.15, 0.2) is 0 Å². The van der Waals surface area contributed by atoms with Gasteiger partial charge in [-0.3, -0.25) is 4.79 Å². The number of methoxy groups -OCH3 is 1. The van der Waals surface area contributed by atoms with Crippen molar-refractivity contribution in [3.63, 3.8) is 0 Å². The lowest BCUT2D eigenvalue weighted by Gasteiger charge is -2.16. The molecule has 4 nitrogen and oxygen atoms in total. The zero-order chi connectivity index (χ0) is 16.8. The molecule has 5 heteroatoms. The molecule has 0 radical (unpaired) electrons. The van der Waals surface area contributed by atoms with Crippen molar-refractivity contribution in [2.24, 2.45) is 0 Å². The number of aliphatic hydroxyl groups excluding tert-OH is 1. The van der Waals surface area contributed by atoms with Gasteiger partial charge in [0, 0.05) is 6.54 Å². The molecule has 2 aromatic carbocycles. The Bertz CT molecular complexity index is 675. The second-order valence-electron chi connectivity index (χ2n) is 5.28. The maximum atomic E-state index is 13.7. The third-order valence-corrected chi connectivity index (χ3v) is 3.71. The highest BCUT2D eigenvalue weighted by Gasteiger charge is 2.19. The summed E-state index contributed by atoms with van der Waals surface area (Å²) in [5, 5.41) is 12.8. The number of hydrogen-bond donors (Lipinski definition) is 2. The van der Waals surface area contributed by atoms with Gasteiger partial charge in [-0.25, -0.2) is 4.39 Å². The van der Waals surface area contributed by atoms with Crippen LogP contribution in [-0.4, -0.2) is 24.7 Å². The second-order valence-corrected chi connectivity index (χ2v) is 5.28. The SMILES string of the molecule is COc1cccc(C(O)CNC(=O)C(C)c2ccccc2F)c1. The third kappa shape index (κ3) is 4.29. The van der Waals surface area contributed by atoms with Crippen LogP contribution in [-0.2, 0) is 4.79 Å². The van der Waals surface area contributed by atoms with Crippen LogP contribution in [0.25, 0.3) is 0 Å². The molecular weight excluding hydrogens is 297 g/mol. The molecule has 0 aliphatic rings. The topological polar surface area (TPSA) is 58.6 Å². The molecule has 0 aliphatic heterocycles. The van der Waals surface area contributed by atoms with Crippen LogP contribution in [0.5, 0.6) is 5.75 Å². The van der Waals surface area contributed by atoms with E-state index in [1.165, 1.54) is 6.07 Å². The van der Waals surface area contributed by atoms with E-state index < -0.39 is 17.8 Å². The van der Waals surface area contributed by atoms with Gasteiger partial charge in [0.25, 0.3) is 0 Å². The Kier molecular flexibility index (Phi) is 5.71. The quantitative estimate of drug-likeness (QED) is 0.861. The molecule has 2 N–H and O–H groups in total. The van der Waals surface area contributed by atoms with Crippen molar-refractivity contribution >= 4 is 5.91 Å². The van der Waals surface area contributed by atoms with Gasteiger partial charge in [0.1, 0.15) is 11.6 Å². The van der Waals surface area contributed by atoms with Crippen molar-refractivity contribution in [3.8, 4) is 5.75 Å². The van der Waals surface area contributed by atoms with Crippen molar-refractivity contribution < 1.29 is 19.0 Å². The molecule has 1 amide bonds. The highest BCUT2D eigenvalue weighted by Crippen LogP contribution is 2.20. The Morgan fingerprint density at radius 1 is 1.26 bits per heavy atom. The fourth-order valence-electron chi connectivity index (χ4n) is 2.28. The highest BCUT2D eigenvalue weighted by atomic mass is 19.1. The molecule has 0 fully saturated rings. The fraction of sp³-hybridized carbons (Fsp3) is 0.278. The molecule has 2 atom stereocenters. The first-order chi connectivity index (χ1) is 11.0. The molecule has 2 unspecified atom stereocenters. The van der Waals surface area contributed by atoms with E-state index in [0.29, 0.717) is 16.9 Å². The Morgan fingerprint density at radius 2 is 2.00 bits per heavy atom. The Hall–Kier alpha value is -2.40. The summed E-state index contributed by atoms with van der Waals surface area (Å²) in [6.45, 7) is 1.68. The number of hydrogen-bond acceptors (Lipinski definition) is 3. The summed E-state index contributed by atoms with van der Waals surface area (Å²) in [6.07, 6.45) is -0.859. The maximum Gasteiger partial charge on any atom is 0.227 e. The van der Waals surface area contributed by atoms with Gasteiger partial charge in [0.2, 0.25) is 5.91 Å². The lowest BCUT2D eigenvalue weighted by molar-refractivity contribution is -0.122. The number of carbonyl (C=O) groups excluding carboxylic acids is 1. The van der Waals surface area contributed by atoms with Crippen LogP contribution in [0.2, 0.25) is 0 Å². The first-order valence-corrected chi connectivity index (χ1v) is 7.37. The van der Waals surface area contributed by atoms with E-state index in [-0.39, 0.29) is 12.5 Å². The lowest BCUT2D eigenvalue weighted by Crippen LogP contribution is -2.32. The van der Waals surface area contributed by atoms with Crippen molar-refractivity contribution in [1.82, 2.24) is 5.32 Å². The van der Waals surface area contributed by atoms with E-state index in [2.05, 4.69) is 5.32 Å². The van der Waals surface area contributed by atoms with E-state index in [1.54, 1.807) is 56.5 Å². The van der Waals surface area contributed by atoms with Gasteiger partial charge in [-0.2, -0.15) is 0 Å². The molecule has 0 aliphatic carbocycles. The Labute approximate surface area is 134 Å². The second kappa shape index (κ2) is 7.74. The summed E-state index contributed by atoms with van der Waals surface area (Å²) in [4.78, 5) is 12.1. The molecule has 0 spiro atoms. The van der Waals surface area contributed by atoms with Gasteiger partial charge < -0.3 is 15.2 Å². The minimum absolute atomic E-state index is 0.0464. The van der Waals surface area contributed by atoms with Gasteiger partial charge >= 0.3 is 0 Å². The van der Waals surface area contributed by atoms with Crippen LogP contribution in [0, 0.1) is 5.82 Å². The number of rotatable bonds is 6. The van der Waals surface area contributed by atoms with E-state index >= 15 is 0 Å². The molecule has 0 saturated carbocycles. The smallest absolute Gasteiger partial charge is 0.227 e. The van der Waals surface area contributed by atoms with E-state index in [9.17, 15) is 14.3 Å². The van der Waals surface area contributed by atoms with Gasteiger partial charge in [-0.1, -0.05) is 30.3 Å². The molecule has 122 valence electrons. The number of halogens is 1. The van der Waals surface area contributed by atoms with Crippen LogP contribution < -0.4 is 10.1 Å². The average molecular weight is 317 g/mol. The highest BCUT2D eigenvalue weighted by molar-refractivity contribution is 5.83.